The highest BCUT2D eigenvalue weighted by molar-refractivity contribution is 7.93. The maximum atomic E-state index is 12.4. The molecule has 2 atom stereocenters. The number of esters is 1. The second kappa shape index (κ2) is 6.03. The number of methoxy groups -OCH3 is 1. The van der Waals surface area contributed by atoms with Crippen LogP contribution in [0.3, 0.4) is 0 Å². The van der Waals surface area contributed by atoms with E-state index >= 15 is 0 Å². The Kier molecular flexibility index (Phi) is 4.53. The molecule has 116 valence electrons. The van der Waals surface area contributed by atoms with E-state index < -0.39 is 27.3 Å². The van der Waals surface area contributed by atoms with Crippen LogP contribution in [-0.2, 0) is 19.6 Å². The maximum absolute atomic E-state index is 12.4. The van der Waals surface area contributed by atoms with Crippen molar-refractivity contribution < 1.29 is 17.9 Å². The molecular weight excluding hydrogens is 292 g/mol. The van der Waals surface area contributed by atoms with Gasteiger partial charge in [-0.05, 0) is 31.9 Å². The zero-order chi connectivity index (χ0) is 15.6. The lowest BCUT2D eigenvalue weighted by atomic mass is 10.1. The van der Waals surface area contributed by atoms with E-state index in [2.05, 4.69) is 14.8 Å². The average molecular weight is 312 g/mol. The molecule has 21 heavy (non-hydrogen) atoms. The summed E-state index contributed by atoms with van der Waals surface area (Å²) in [4.78, 5) is 11.4. The van der Waals surface area contributed by atoms with E-state index in [1.165, 1.54) is 7.11 Å². The molecule has 2 unspecified atom stereocenters. The first-order chi connectivity index (χ1) is 9.83. The molecule has 2 rings (SSSR count). The second-order valence-corrected chi connectivity index (χ2v) is 7.27. The lowest BCUT2D eigenvalue weighted by molar-refractivity contribution is -0.142. The topological polar surface area (TPSA) is 84.5 Å². The molecule has 2 N–H and O–H groups in total. The molecule has 0 bridgehead atoms. The van der Waals surface area contributed by atoms with Crippen LogP contribution in [0.1, 0.15) is 17.5 Å². The molecule has 0 aromatic heterocycles. The number of aryl methyl sites for hydroxylation is 2. The van der Waals surface area contributed by atoms with Crippen molar-refractivity contribution in [3.05, 3.63) is 29.3 Å². The summed E-state index contributed by atoms with van der Waals surface area (Å²) in [7, 11) is -2.25. The van der Waals surface area contributed by atoms with E-state index in [-0.39, 0.29) is 13.0 Å². The molecule has 1 saturated heterocycles. The predicted octanol–water partition coefficient (Wildman–Crippen LogP) is 0.949. The summed E-state index contributed by atoms with van der Waals surface area (Å²) < 4.78 is 32.0. The van der Waals surface area contributed by atoms with Crippen molar-refractivity contribution in [3.8, 4) is 0 Å². The van der Waals surface area contributed by atoms with Gasteiger partial charge in [-0.25, -0.2) is 8.42 Å². The summed E-state index contributed by atoms with van der Waals surface area (Å²) >= 11 is 0. The third-order valence-electron chi connectivity index (χ3n) is 3.65. The van der Waals surface area contributed by atoms with Gasteiger partial charge in [0.2, 0.25) is 10.0 Å². The molecule has 0 amide bonds. The minimum atomic E-state index is -3.54. The van der Waals surface area contributed by atoms with Crippen molar-refractivity contribution in [2.24, 2.45) is 0 Å². The van der Waals surface area contributed by atoms with Crippen LogP contribution in [0.15, 0.2) is 18.2 Å². The molecule has 0 aliphatic carbocycles. The molecule has 0 radical (unpaired) electrons. The van der Waals surface area contributed by atoms with Crippen molar-refractivity contribution in [1.82, 2.24) is 5.32 Å². The van der Waals surface area contributed by atoms with Crippen LogP contribution in [0, 0.1) is 13.8 Å². The number of nitrogens with one attached hydrogen (secondary N) is 2. The zero-order valence-corrected chi connectivity index (χ0v) is 13.2. The van der Waals surface area contributed by atoms with E-state index in [4.69, 9.17) is 0 Å². The van der Waals surface area contributed by atoms with E-state index in [1.54, 1.807) is 6.07 Å². The summed E-state index contributed by atoms with van der Waals surface area (Å²) in [5.41, 5.74) is 2.51. The number of benzene rings is 1. The highest BCUT2D eigenvalue weighted by Gasteiger charge is 2.37. The Morgan fingerprint density at radius 3 is 2.71 bits per heavy atom. The molecule has 1 aromatic rings. The fraction of sp³-hybridized carbons (Fsp3) is 0.500. The Balaban J connectivity index is 2.11. The molecule has 0 saturated carbocycles. The first-order valence-corrected chi connectivity index (χ1v) is 8.28. The second-order valence-electron chi connectivity index (χ2n) is 5.31. The number of hydrogen-bond acceptors (Lipinski definition) is 5. The molecule has 1 fully saturated rings. The Labute approximate surface area is 124 Å². The largest absolute Gasteiger partial charge is 0.468 e. The first kappa shape index (κ1) is 15.8. The van der Waals surface area contributed by atoms with Gasteiger partial charge >= 0.3 is 5.97 Å². The van der Waals surface area contributed by atoms with Gasteiger partial charge in [-0.1, -0.05) is 17.7 Å². The number of rotatable bonds is 4. The minimum Gasteiger partial charge on any atom is -0.468 e. The summed E-state index contributed by atoms with van der Waals surface area (Å²) in [6.07, 6.45) is 0.215. The Hall–Kier alpha value is -1.60. The normalized spacial score (nSPS) is 22.0. The predicted molar refractivity (Wildman–Crippen MR) is 80.7 cm³/mol. The fourth-order valence-electron chi connectivity index (χ4n) is 2.43. The monoisotopic (exact) mass is 312 g/mol. The van der Waals surface area contributed by atoms with Crippen LogP contribution in [0.4, 0.5) is 5.69 Å². The Bertz CT molecular complexity index is 642. The molecule has 1 aromatic carbocycles. The Morgan fingerprint density at radius 1 is 1.38 bits per heavy atom. The molecule has 1 aliphatic rings. The van der Waals surface area contributed by atoms with Crippen molar-refractivity contribution >= 4 is 21.7 Å². The number of hydrogen-bond donors (Lipinski definition) is 2. The zero-order valence-electron chi connectivity index (χ0n) is 12.3. The lowest BCUT2D eigenvalue weighted by Gasteiger charge is -2.15. The fourth-order valence-corrected chi connectivity index (χ4v) is 3.89. The van der Waals surface area contributed by atoms with Gasteiger partial charge in [0.1, 0.15) is 6.04 Å². The van der Waals surface area contributed by atoms with Crippen molar-refractivity contribution in [3.63, 3.8) is 0 Å². The quantitative estimate of drug-likeness (QED) is 0.809. The summed E-state index contributed by atoms with van der Waals surface area (Å²) in [6, 6.07) is 4.97. The molecule has 6 nitrogen and oxygen atoms in total. The highest BCUT2D eigenvalue weighted by atomic mass is 32.2. The molecule has 0 spiro atoms. The van der Waals surface area contributed by atoms with E-state index in [1.807, 2.05) is 26.0 Å². The van der Waals surface area contributed by atoms with E-state index in [0.29, 0.717) is 5.69 Å². The van der Waals surface area contributed by atoms with Gasteiger partial charge in [0, 0.05) is 6.54 Å². The third-order valence-corrected chi connectivity index (χ3v) is 5.39. The molecule has 7 heteroatoms. The van der Waals surface area contributed by atoms with Crippen LogP contribution in [0.5, 0.6) is 0 Å². The van der Waals surface area contributed by atoms with E-state index in [9.17, 15) is 13.2 Å². The van der Waals surface area contributed by atoms with Crippen LogP contribution < -0.4 is 10.0 Å². The summed E-state index contributed by atoms with van der Waals surface area (Å²) in [5, 5.41) is 2.23. The summed E-state index contributed by atoms with van der Waals surface area (Å²) in [5.74, 6) is -0.431. The van der Waals surface area contributed by atoms with Crippen LogP contribution in [-0.4, -0.2) is 39.3 Å². The van der Waals surface area contributed by atoms with E-state index in [0.717, 1.165) is 11.1 Å². The van der Waals surface area contributed by atoms with Crippen molar-refractivity contribution in [1.29, 1.82) is 0 Å². The van der Waals surface area contributed by atoms with Gasteiger partial charge in [-0.15, -0.1) is 0 Å². The van der Waals surface area contributed by atoms with Gasteiger partial charge in [0.15, 0.2) is 0 Å². The number of anilines is 1. The first-order valence-electron chi connectivity index (χ1n) is 6.73. The number of carbonyl (C=O) groups is 1. The SMILES string of the molecule is COC(=O)C1CC(S(=O)(=O)Nc2ccc(C)cc2C)CN1. The van der Waals surface area contributed by atoms with Gasteiger partial charge in [-0.3, -0.25) is 9.52 Å². The van der Waals surface area contributed by atoms with Crippen molar-refractivity contribution in [2.75, 3.05) is 18.4 Å². The van der Waals surface area contributed by atoms with Gasteiger partial charge in [0.25, 0.3) is 0 Å². The molecule has 1 heterocycles. The van der Waals surface area contributed by atoms with Crippen LogP contribution >= 0.6 is 0 Å². The van der Waals surface area contributed by atoms with Crippen LogP contribution in [0.25, 0.3) is 0 Å². The highest BCUT2D eigenvalue weighted by Crippen LogP contribution is 2.22. The smallest absolute Gasteiger partial charge is 0.322 e. The standard InChI is InChI=1S/C14H20N2O4S/c1-9-4-5-12(10(2)6-9)16-21(18,19)11-7-13(15-8-11)14(17)20-3/h4-6,11,13,15-16H,7-8H2,1-3H3. The summed E-state index contributed by atoms with van der Waals surface area (Å²) in [6.45, 7) is 4.04. The maximum Gasteiger partial charge on any atom is 0.322 e. The number of ether oxygens (including phenoxy) is 1. The molecule has 1 aliphatic heterocycles. The Morgan fingerprint density at radius 2 is 2.10 bits per heavy atom. The molecular formula is C14H20N2O4S. The van der Waals surface area contributed by atoms with Gasteiger partial charge < -0.3 is 10.1 Å². The average Bonchev–Trinajstić information content (AvgIpc) is 2.91. The third kappa shape index (κ3) is 3.54. The van der Waals surface area contributed by atoms with Crippen molar-refractivity contribution in [2.45, 2.75) is 31.6 Å². The van der Waals surface area contributed by atoms with Gasteiger partial charge in [0.05, 0.1) is 18.0 Å². The van der Waals surface area contributed by atoms with Crippen LogP contribution in [0.2, 0.25) is 0 Å². The van der Waals surface area contributed by atoms with Gasteiger partial charge in [-0.2, -0.15) is 0 Å². The lowest BCUT2D eigenvalue weighted by Crippen LogP contribution is -2.31. The number of carbonyl (C=O) groups excluding carboxylic acids is 1. The minimum absolute atomic E-state index is 0.215. The number of sulfonamides is 1.